The molecule has 1 fully saturated rings. The highest BCUT2D eigenvalue weighted by molar-refractivity contribution is 5.72. The van der Waals surface area contributed by atoms with Gasteiger partial charge in [-0.1, -0.05) is 30.3 Å². The molecule has 17 heavy (non-hydrogen) atoms. The van der Waals surface area contributed by atoms with E-state index in [4.69, 9.17) is 0 Å². The van der Waals surface area contributed by atoms with Crippen LogP contribution in [0.5, 0.6) is 0 Å². The quantitative estimate of drug-likeness (QED) is 0.816. The second-order valence-electron chi connectivity index (χ2n) is 5.15. The van der Waals surface area contributed by atoms with Gasteiger partial charge in [-0.15, -0.1) is 0 Å². The molecule has 0 bridgehead atoms. The lowest BCUT2D eigenvalue weighted by Gasteiger charge is -2.39. The standard InChI is InChI=1S/C14H19NO2/c1-11(12-7-4-3-5-8-12)15(2)10-6-9-13(15)14(16)17/h3-5,7-8,11,13H,6,9-10H2,1-2H3/p+1/t11-,13+,15?/m1/s1. The van der Waals surface area contributed by atoms with Crippen molar-refractivity contribution < 1.29 is 14.4 Å². The zero-order valence-electron chi connectivity index (χ0n) is 10.5. The van der Waals surface area contributed by atoms with Gasteiger partial charge in [-0.25, -0.2) is 4.79 Å². The maximum absolute atomic E-state index is 11.3. The number of hydrogen-bond acceptors (Lipinski definition) is 1. The summed E-state index contributed by atoms with van der Waals surface area (Å²) in [7, 11) is 2.07. The van der Waals surface area contributed by atoms with Gasteiger partial charge < -0.3 is 9.59 Å². The third-order valence-electron chi connectivity index (χ3n) is 4.28. The Morgan fingerprint density at radius 3 is 2.65 bits per heavy atom. The summed E-state index contributed by atoms with van der Waals surface area (Å²) in [4.78, 5) is 11.3. The van der Waals surface area contributed by atoms with Crippen molar-refractivity contribution in [3.63, 3.8) is 0 Å². The van der Waals surface area contributed by atoms with Crippen LogP contribution in [0.15, 0.2) is 30.3 Å². The van der Waals surface area contributed by atoms with Gasteiger partial charge in [0.2, 0.25) is 0 Å². The number of likely N-dealkylation sites (N-methyl/N-ethyl adjacent to an activating group) is 1. The molecule has 0 amide bonds. The first-order valence-corrected chi connectivity index (χ1v) is 6.18. The molecule has 0 saturated carbocycles. The molecule has 1 aromatic rings. The van der Waals surface area contributed by atoms with Gasteiger partial charge in [0.25, 0.3) is 0 Å². The van der Waals surface area contributed by atoms with Crippen molar-refractivity contribution in [3.05, 3.63) is 35.9 Å². The van der Waals surface area contributed by atoms with Crippen LogP contribution in [0.4, 0.5) is 0 Å². The topological polar surface area (TPSA) is 37.3 Å². The van der Waals surface area contributed by atoms with Crippen LogP contribution < -0.4 is 0 Å². The Labute approximate surface area is 102 Å². The fraction of sp³-hybridized carbons (Fsp3) is 0.500. The predicted molar refractivity (Wildman–Crippen MR) is 66.6 cm³/mol. The fourth-order valence-corrected chi connectivity index (χ4v) is 2.99. The summed E-state index contributed by atoms with van der Waals surface area (Å²) in [6, 6.07) is 10.2. The summed E-state index contributed by atoms with van der Waals surface area (Å²) in [5.41, 5.74) is 1.23. The molecule has 1 aromatic carbocycles. The molecule has 1 N–H and O–H groups in total. The van der Waals surface area contributed by atoms with E-state index < -0.39 is 5.97 Å². The lowest BCUT2D eigenvalue weighted by atomic mass is 10.0. The second-order valence-corrected chi connectivity index (χ2v) is 5.15. The molecule has 2 rings (SSSR count). The van der Waals surface area contributed by atoms with Crippen molar-refractivity contribution in [2.24, 2.45) is 0 Å². The van der Waals surface area contributed by atoms with Crippen LogP contribution in [-0.2, 0) is 4.79 Å². The van der Waals surface area contributed by atoms with Crippen molar-refractivity contribution in [3.8, 4) is 0 Å². The highest BCUT2D eigenvalue weighted by atomic mass is 16.4. The Kier molecular flexibility index (Phi) is 3.20. The van der Waals surface area contributed by atoms with Crippen molar-refractivity contribution in [2.45, 2.75) is 31.8 Å². The summed E-state index contributed by atoms with van der Waals surface area (Å²) < 4.78 is 0.624. The third kappa shape index (κ3) is 2.07. The number of hydrogen-bond donors (Lipinski definition) is 1. The molecule has 3 heteroatoms. The number of rotatable bonds is 3. The summed E-state index contributed by atoms with van der Waals surface area (Å²) >= 11 is 0. The molecule has 0 aliphatic carbocycles. The smallest absolute Gasteiger partial charge is 0.362 e. The van der Waals surface area contributed by atoms with Gasteiger partial charge in [-0.2, -0.15) is 0 Å². The monoisotopic (exact) mass is 234 g/mol. The van der Waals surface area contributed by atoms with Crippen LogP contribution >= 0.6 is 0 Å². The number of carbonyl (C=O) groups is 1. The van der Waals surface area contributed by atoms with Crippen LogP contribution in [0.3, 0.4) is 0 Å². The SMILES string of the molecule is C[C@H](c1ccccc1)[N+]1(C)CCC[C@H]1C(=O)O. The minimum Gasteiger partial charge on any atom is -0.477 e. The number of likely N-dealkylation sites (tertiary alicyclic amines) is 1. The molecular weight excluding hydrogens is 214 g/mol. The molecule has 1 saturated heterocycles. The highest BCUT2D eigenvalue weighted by Crippen LogP contribution is 2.36. The largest absolute Gasteiger partial charge is 0.477 e. The van der Waals surface area contributed by atoms with Crippen LogP contribution in [0.25, 0.3) is 0 Å². The first-order valence-electron chi connectivity index (χ1n) is 6.18. The van der Waals surface area contributed by atoms with E-state index in [1.807, 2.05) is 18.2 Å². The number of carboxylic acids is 1. The molecule has 1 heterocycles. The lowest BCUT2D eigenvalue weighted by Crippen LogP contribution is -2.53. The summed E-state index contributed by atoms with van der Waals surface area (Å²) in [5, 5.41) is 9.33. The fourth-order valence-electron chi connectivity index (χ4n) is 2.99. The van der Waals surface area contributed by atoms with Crippen molar-refractivity contribution in [1.82, 2.24) is 0 Å². The minimum absolute atomic E-state index is 0.236. The Balaban J connectivity index is 2.29. The minimum atomic E-state index is -0.659. The number of benzene rings is 1. The molecule has 0 radical (unpaired) electrons. The Morgan fingerprint density at radius 1 is 1.41 bits per heavy atom. The van der Waals surface area contributed by atoms with Crippen molar-refractivity contribution >= 4 is 5.97 Å². The van der Waals surface area contributed by atoms with Crippen molar-refractivity contribution in [1.29, 1.82) is 0 Å². The van der Waals surface area contributed by atoms with Gasteiger partial charge in [0.1, 0.15) is 6.04 Å². The van der Waals surface area contributed by atoms with Gasteiger partial charge in [0.05, 0.1) is 13.6 Å². The molecular formula is C14H20NO2+. The van der Waals surface area contributed by atoms with E-state index in [-0.39, 0.29) is 12.1 Å². The van der Waals surface area contributed by atoms with E-state index in [1.165, 1.54) is 5.56 Å². The number of nitrogens with zero attached hydrogens (tertiary/aromatic N) is 1. The normalized spacial score (nSPS) is 30.1. The second kappa shape index (κ2) is 4.49. The van der Waals surface area contributed by atoms with Crippen LogP contribution in [0.1, 0.15) is 31.4 Å². The number of quaternary nitrogens is 1. The van der Waals surface area contributed by atoms with Gasteiger partial charge in [-0.05, 0) is 6.92 Å². The first-order chi connectivity index (χ1) is 8.05. The molecule has 0 spiro atoms. The molecule has 1 aliphatic rings. The molecule has 3 atom stereocenters. The average molecular weight is 234 g/mol. The van der Waals surface area contributed by atoms with Crippen molar-refractivity contribution in [2.75, 3.05) is 13.6 Å². The van der Waals surface area contributed by atoms with E-state index >= 15 is 0 Å². The van der Waals surface area contributed by atoms with E-state index in [1.54, 1.807) is 0 Å². The zero-order chi connectivity index (χ0) is 12.5. The molecule has 3 nitrogen and oxygen atoms in total. The van der Waals surface area contributed by atoms with Crippen LogP contribution in [-0.4, -0.2) is 35.2 Å². The Bertz CT molecular complexity index is 404. The van der Waals surface area contributed by atoms with Crippen LogP contribution in [0.2, 0.25) is 0 Å². The molecule has 1 aliphatic heterocycles. The van der Waals surface area contributed by atoms with Gasteiger partial charge >= 0.3 is 5.97 Å². The maximum Gasteiger partial charge on any atom is 0.362 e. The zero-order valence-corrected chi connectivity index (χ0v) is 10.5. The van der Waals surface area contributed by atoms with E-state index in [0.717, 1.165) is 19.4 Å². The van der Waals surface area contributed by atoms with Gasteiger partial charge in [0, 0.05) is 18.4 Å². The molecule has 1 unspecified atom stereocenters. The van der Waals surface area contributed by atoms with E-state index in [2.05, 4.69) is 26.1 Å². The van der Waals surface area contributed by atoms with E-state index in [0.29, 0.717) is 4.48 Å². The molecule has 92 valence electrons. The summed E-state index contributed by atoms with van der Waals surface area (Å²) in [6.07, 6.45) is 1.80. The highest BCUT2D eigenvalue weighted by Gasteiger charge is 2.46. The first kappa shape index (κ1) is 12.1. The maximum atomic E-state index is 11.3. The number of aliphatic carboxylic acids is 1. The number of carboxylic acid groups (broad SMARTS) is 1. The summed E-state index contributed by atoms with van der Waals surface area (Å²) in [5.74, 6) is -0.659. The average Bonchev–Trinajstić information content (AvgIpc) is 2.73. The molecule has 0 aromatic heterocycles. The summed E-state index contributed by atoms with van der Waals surface area (Å²) in [6.45, 7) is 3.09. The Morgan fingerprint density at radius 2 is 2.06 bits per heavy atom. The third-order valence-corrected chi connectivity index (χ3v) is 4.28. The van der Waals surface area contributed by atoms with Crippen LogP contribution in [0, 0.1) is 0 Å². The Hall–Kier alpha value is -1.35. The lowest BCUT2D eigenvalue weighted by molar-refractivity contribution is -0.941. The van der Waals surface area contributed by atoms with Gasteiger partial charge in [0.15, 0.2) is 6.04 Å². The predicted octanol–water partition coefficient (Wildman–Crippen LogP) is 2.44. The van der Waals surface area contributed by atoms with E-state index in [9.17, 15) is 9.90 Å². The van der Waals surface area contributed by atoms with Gasteiger partial charge in [-0.3, -0.25) is 0 Å².